The molecule has 0 fully saturated rings. The summed E-state index contributed by atoms with van der Waals surface area (Å²) in [5.41, 5.74) is 1.11. The Morgan fingerprint density at radius 2 is 1.92 bits per heavy atom. The van der Waals surface area contributed by atoms with Crippen molar-refractivity contribution in [3.63, 3.8) is 0 Å². The SMILES string of the molecule is CCC(CNC(=O)Nc1ccc2c(c1)OCO2)(OC)c1ccccc1. The van der Waals surface area contributed by atoms with E-state index < -0.39 is 5.60 Å². The number of methoxy groups -OCH3 is 1. The molecule has 0 aliphatic carbocycles. The molecule has 2 N–H and O–H groups in total. The van der Waals surface area contributed by atoms with Crippen molar-refractivity contribution in [1.82, 2.24) is 5.32 Å². The van der Waals surface area contributed by atoms with Crippen LogP contribution in [0.3, 0.4) is 0 Å². The number of carbonyl (C=O) groups excluding carboxylic acids is 1. The quantitative estimate of drug-likeness (QED) is 0.843. The van der Waals surface area contributed by atoms with Gasteiger partial charge in [-0.2, -0.15) is 0 Å². The highest BCUT2D eigenvalue weighted by molar-refractivity contribution is 5.89. The van der Waals surface area contributed by atoms with Crippen LogP contribution < -0.4 is 20.1 Å². The third-order valence-electron chi connectivity index (χ3n) is 4.43. The van der Waals surface area contributed by atoms with Gasteiger partial charge in [0.15, 0.2) is 11.5 Å². The third-order valence-corrected chi connectivity index (χ3v) is 4.43. The zero-order valence-corrected chi connectivity index (χ0v) is 14.4. The molecular formula is C19H22N2O4. The van der Waals surface area contributed by atoms with Gasteiger partial charge in [-0.3, -0.25) is 0 Å². The lowest BCUT2D eigenvalue weighted by atomic mass is 9.91. The summed E-state index contributed by atoms with van der Waals surface area (Å²) in [6, 6.07) is 14.9. The zero-order chi connectivity index (χ0) is 17.7. The summed E-state index contributed by atoms with van der Waals surface area (Å²) in [5.74, 6) is 1.31. The van der Waals surface area contributed by atoms with Gasteiger partial charge in [-0.05, 0) is 24.1 Å². The summed E-state index contributed by atoms with van der Waals surface area (Å²) in [6.45, 7) is 2.60. The molecule has 1 aliphatic rings. The lowest BCUT2D eigenvalue weighted by Gasteiger charge is -2.32. The fourth-order valence-corrected chi connectivity index (χ4v) is 2.88. The van der Waals surface area contributed by atoms with Gasteiger partial charge in [0, 0.05) is 18.9 Å². The Labute approximate surface area is 147 Å². The number of hydrogen-bond donors (Lipinski definition) is 2. The van der Waals surface area contributed by atoms with Crippen LogP contribution in [0.5, 0.6) is 11.5 Å². The Hall–Kier alpha value is -2.73. The molecule has 0 bridgehead atoms. The maximum Gasteiger partial charge on any atom is 0.319 e. The molecule has 2 aromatic rings. The molecule has 0 radical (unpaired) electrons. The highest BCUT2D eigenvalue weighted by atomic mass is 16.7. The average molecular weight is 342 g/mol. The summed E-state index contributed by atoms with van der Waals surface area (Å²) >= 11 is 0. The van der Waals surface area contributed by atoms with E-state index in [1.54, 1.807) is 25.3 Å². The highest BCUT2D eigenvalue weighted by Gasteiger charge is 2.30. The lowest BCUT2D eigenvalue weighted by Crippen LogP contribution is -2.43. The molecule has 6 nitrogen and oxygen atoms in total. The molecule has 2 amide bonds. The van der Waals surface area contributed by atoms with E-state index in [1.807, 2.05) is 37.3 Å². The number of nitrogens with one attached hydrogen (secondary N) is 2. The van der Waals surface area contributed by atoms with E-state index in [0.29, 0.717) is 23.7 Å². The second kappa shape index (κ2) is 7.44. The van der Waals surface area contributed by atoms with Crippen molar-refractivity contribution >= 4 is 11.7 Å². The minimum atomic E-state index is -0.562. The summed E-state index contributed by atoms with van der Waals surface area (Å²) in [5, 5.41) is 5.70. The maximum absolute atomic E-state index is 12.3. The van der Waals surface area contributed by atoms with Gasteiger partial charge in [0.2, 0.25) is 6.79 Å². The minimum absolute atomic E-state index is 0.203. The van der Waals surface area contributed by atoms with E-state index in [2.05, 4.69) is 10.6 Å². The van der Waals surface area contributed by atoms with Crippen LogP contribution in [0.4, 0.5) is 10.5 Å². The third kappa shape index (κ3) is 3.69. The monoisotopic (exact) mass is 342 g/mol. The van der Waals surface area contributed by atoms with Gasteiger partial charge in [0.1, 0.15) is 5.60 Å². The number of benzene rings is 2. The summed E-state index contributed by atoms with van der Waals surface area (Å²) in [7, 11) is 1.66. The Morgan fingerprint density at radius 1 is 1.16 bits per heavy atom. The van der Waals surface area contributed by atoms with Gasteiger partial charge in [-0.1, -0.05) is 37.3 Å². The Morgan fingerprint density at radius 3 is 2.64 bits per heavy atom. The van der Waals surface area contributed by atoms with Crippen molar-refractivity contribution in [1.29, 1.82) is 0 Å². The topological polar surface area (TPSA) is 68.8 Å². The fourth-order valence-electron chi connectivity index (χ4n) is 2.88. The number of amides is 2. The number of carbonyl (C=O) groups is 1. The number of rotatable bonds is 6. The van der Waals surface area contributed by atoms with Crippen LogP contribution in [0.2, 0.25) is 0 Å². The van der Waals surface area contributed by atoms with Gasteiger partial charge in [-0.25, -0.2) is 4.79 Å². The number of urea groups is 1. The molecule has 0 aromatic heterocycles. The smallest absolute Gasteiger partial charge is 0.319 e. The second-order valence-corrected chi connectivity index (χ2v) is 5.79. The fraction of sp³-hybridized carbons (Fsp3) is 0.316. The van der Waals surface area contributed by atoms with Crippen LogP contribution in [0, 0.1) is 0 Å². The maximum atomic E-state index is 12.3. The largest absolute Gasteiger partial charge is 0.454 e. The van der Waals surface area contributed by atoms with Crippen LogP contribution in [-0.4, -0.2) is 26.5 Å². The van der Waals surface area contributed by atoms with Crippen molar-refractivity contribution in [2.24, 2.45) is 0 Å². The molecule has 1 aliphatic heterocycles. The lowest BCUT2D eigenvalue weighted by molar-refractivity contribution is -0.0149. The Balaban J connectivity index is 1.64. The Bertz CT molecular complexity index is 729. The Kier molecular flexibility index (Phi) is 5.09. The van der Waals surface area contributed by atoms with E-state index in [4.69, 9.17) is 14.2 Å². The van der Waals surface area contributed by atoms with Crippen LogP contribution in [-0.2, 0) is 10.3 Å². The predicted octanol–water partition coefficient (Wildman–Crippen LogP) is 3.49. The summed E-state index contributed by atoms with van der Waals surface area (Å²) in [4.78, 5) is 12.3. The van der Waals surface area contributed by atoms with Crippen LogP contribution in [0.1, 0.15) is 18.9 Å². The van der Waals surface area contributed by atoms with Crippen molar-refractivity contribution in [2.75, 3.05) is 25.8 Å². The van der Waals surface area contributed by atoms with E-state index in [9.17, 15) is 4.79 Å². The molecule has 132 valence electrons. The van der Waals surface area contributed by atoms with Crippen LogP contribution >= 0.6 is 0 Å². The molecule has 1 unspecified atom stereocenters. The zero-order valence-electron chi connectivity index (χ0n) is 14.4. The minimum Gasteiger partial charge on any atom is -0.454 e. The molecule has 2 aromatic carbocycles. The van der Waals surface area contributed by atoms with Gasteiger partial charge >= 0.3 is 6.03 Å². The van der Waals surface area contributed by atoms with E-state index in [1.165, 1.54) is 0 Å². The van der Waals surface area contributed by atoms with Crippen molar-refractivity contribution in [3.05, 3.63) is 54.1 Å². The van der Waals surface area contributed by atoms with E-state index >= 15 is 0 Å². The molecule has 0 saturated carbocycles. The number of anilines is 1. The molecular weight excluding hydrogens is 320 g/mol. The van der Waals surface area contributed by atoms with Crippen LogP contribution in [0.25, 0.3) is 0 Å². The summed E-state index contributed by atoms with van der Waals surface area (Å²) < 4.78 is 16.3. The average Bonchev–Trinajstić information content (AvgIpc) is 3.12. The molecule has 25 heavy (non-hydrogen) atoms. The van der Waals surface area contributed by atoms with Gasteiger partial charge < -0.3 is 24.8 Å². The molecule has 1 atom stereocenters. The number of ether oxygens (including phenoxy) is 3. The standard InChI is InChI=1S/C19H22N2O4/c1-3-19(23-2,14-7-5-4-6-8-14)12-20-18(22)21-15-9-10-16-17(11-15)25-13-24-16/h4-11H,3,12-13H2,1-2H3,(H2,20,21,22). The number of fused-ring (bicyclic) bond motifs is 1. The van der Waals surface area contributed by atoms with E-state index in [0.717, 1.165) is 12.0 Å². The van der Waals surface area contributed by atoms with Crippen molar-refractivity contribution < 1.29 is 19.0 Å². The van der Waals surface area contributed by atoms with Crippen molar-refractivity contribution in [3.8, 4) is 11.5 Å². The van der Waals surface area contributed by atoms with Crippen molar-refractivity contribution in [2.45, 2.75) is 18.9 Å². The van der Waals surface area contributed by atoms with Gasteiger partial charge in [0.25, 0.3) is 0 Å². The summed E-state index contributed by atoms with van der Waals surface area (Å²) in [6.07, 6.45) is 0.734. The molecule has 1 heterocycles. The molecule has 0 saturated heterocycles. The first kappa shape index (κ1) is 17.1. The normalized spacial score (nSPS) is 14.6. The van der Waals surface area contributed by atoms with Gasteiger partial charge in [0.05, 0.1) is 6.54 Å². The predicted molar refractivity (Wildman–Crippen MR) is 95.0 cm³/mol. The number of hydrogen-bond acceptors (Lipinski definition) is 4. The van der Waals surface area contributed by atoms with Crippen LogP contribution in [0.15, 0.2) is 48.5 Å². The molecule has 6 heteroatoms. The highest BCUT2D eigenvalue weighted by Crippen LogP contribution is 2.34. The molecule has 3 rings (SSSR count). The molecule has 0 spiro atoms. The first-order valence-corrected chi connectivity index (χ1v) is 8.22. The second-order valence-electron chi connectivity index (χ2n) is 5.79. The van der Waals surface area contributed by atoms with E-state index in [-0.39, 0.29) is 12.8 Å². The first-order chi connectivity index (χ1) is 12.2. The first-order valence-electron chi connectivity index (χ1n) is 8.22. The van der Waals surface area contributed by atoms with Gasteiger partial charge in [-0.15, -0.1) is 0 Å².